The summed E-state index contributed by atoms with van der Waals surface area (Å²) in [4.78, 5) is 37.0. The summed E-state index contributed by atoms with van der Waals surface area (Å²) < 4.78 is 5.60. The van der Waals surface area contributed by atoms with E-state index >= 15 is 0 Å². The van der Waals surface area contributed by atoms with Crippen LogP contribution in [0.15, 0.2) is 24.3 Å². The van der Waals surface area contributed by atoms with Gasteiger partial charge >= 0.3 is 5.97 Å². The number of carboxylic acid groups (broad SMARTS) is 1. The van der Waals surface area contributed by atoms with Gasteiger partial charge in [0.05, 0.1) is 19.1 Å². The third-order valence-electron chi connectivity index (χ3n) is 4.21. The number of carbonyl (C=O) groups excluding carboxylic acids is 2. The number of rotatable bonds is 7. The molecule has 2 unspecified atom stereocenters. The van der Waals surface area contributed by atoms with Crippen molar-refractivity contribution < 1.29 is 24.2 Å². The summed E-state index contributed by atoms with van der Waals surface area (Å²) >= 11 is 0. The van der Waals surface area contributed by atoms with Gasteiger partial charge in [0.1, 0.15) is 11.8 Å². The number of likely N-dealkylation sites (tertiary alicyclic amines) is 1. The quantitative estimate of drug-likeness (QED) is 0.782. The lowest BCUT2D eigenvalue weighted by Crippen LogP contribution is -2.42. The molecule has 2 atom stereocenters. The molecule has 1 heterocycles. The molecular formula is C18H24N2O5. The Balaban J connectivity index is 2.22. The summed E-state index contributed by atoms with van der Waals surface area (Å²) in [5, 5.41) is 12.0. The lowest BCUT2D eigenvalue weighted by molar-refractivity contribution is -0.148. The van der Waals surface area contributed by atoms with Gasteiger partial charge in [-0.05, 0) is 25.8 Å². The lowest BCUT2D eigenvalue weighted by atomic mass is 10.0. The maximum atomic E-state index is 12.7. The highest BCUT2D eigenvalue weighted by Crippen LogP contribution is 2.29. The molecule has 2 amide bonds. The van der Waals surface area contributed by atoms with E-state index < -0.39 is 18.1 Å². The normalized spacial score (nSPS) is 17.8. The standard InChI is InChI=1S/C18H24N2O5/c1-3-25-16-9-5-4-7-13(16)14(19-12(2)21)11-17(22)20-10-6-8-15(20)18(23)24/h4-5,7,9,14-15H,3,6,8,10-11H2,1-2H3,(H,19,21)(H,23,24). The first-order valence-electron chi connectivity index (χ1n) is 8.45. The summed E-state index contributed by atoms with van der Waals surface area (Å²) in [7, 11) is 0. The van der Waals surface area contributed by atoms with E-state index in [1.165, 1.54) is 11.8 Å². The first-order chi connectivity index (χ1) is 11.9. The average molecular weight is 348 g/mol. The zero-order chi connectivity index (χ0) is 18.4. The molecule has 0 bridgehead atoms. The Kier molecular flexibility index (Phi) is 6.38. The van der Waals surface area contributed by atoms with Crippen LogP contribution in [0.2, 0.25) is 0 Å². The van der Waals surface area contributed by atoms with Crippen molar-refractivity contribution in [1.82, 2.24) is 10.2 Å². The number of amides is 2. The number of nitrogens with one attached hydrogen (secondary N) is 1. The van der Waals surface area contributed by atoms with Crippen LogP contribution in [0.4, 0.5) is 0 Å². The van der Waals surface area contributed by atoms with Crippen LogP contribution >= 0.6 is 0 Å². The predicted octanol–water partition coefficient (Wildman–Crippen LogP) is 1.73. The van der Waals surface area contributed by atoms with E-state index in [-0.39, 0.29) is 18.2 Å². The maximum absolute atomic E-state index is 12.7. The minimum absolute atomic E-state index is 0.00650. The molecule has 2 N–H and O–H groups in total. The van der Waals surface area contributed by atoms with E-state index in [0.29, 0.717) is 37.3 Å². The second-order valence-corrected chi connectivity index (χ2v) is 6.01. The molecule has 25 heavy (non-hydrogen) atoms. The zero-order valence-electron chi connectivity index (χ0n) is 14.5. The third kappa shape index (κ3) is 4.71. The van der Waals surface area contributed by atoms with Gasteiger partial charge in [0, 0.05) is 19.0 Å². The van der Waals surface area contributed by atoms with Crippen molar-refractivity contribution >= 4 is 17.8 Å². The molecular weight excluding hydrogens is 324 g/mol. The second-order valence-electron chi connectivity index (χ2n) is 6.01. The zero-order valence-corrected chi connectivity index (χ0v) is 14.5. The minimum atomic E-state index is -0.989. The van der Waals surface area contributed by atoms with Gasteiger partial charge in [-0.3, -0.25) is 9.59 Å². The highest BCUT2D eigenvalue weighted by Gasteiger charge is 2.35. The summed E-state index contributed by atoms with van der Waals surface area (Å²) in [5.74, 6) is -0.931. The fraction of sp³-hybridized carbons (Fsp3) is 0.500. The van der Waals surface area contributed by atoms with E-state index in [0.717, 1.165) is 0 Å². The van der Waals surface area contributed by atoms with Crippen LogP contribution in [0.5, 0.6) is 5.75 Å². The first-order valence-corrected chi connectivity index (χ1v) is 8.45. The molecule has 2 rings (SSSR count). The monoisotopic (exact) mass is 348 g/mol. The van der Waals surface area contributed by atoms with E-state index in [9.17, 15) is 19.5 Å². The van der Waals surface area contributed by atoms with Crippen molar-refractivity contribution in [2.24, 2.45) is 0 Å². The van der Waals surface area contributed by atoms with Gasteiger partial charge in [0.2, 0.25) is 11.8 Å². The van der Waals surface area contributed by atoms with Gasteiger partial charge < -0.3 is 20.1 Å². The smallest absolute Gasteiger partial charge is 0.326 e. The molecule has 1 fully saturated rings. The number of carboxylic acids is 1. The van der Waals surface area contributed by atoms with Gasteiger partial charge in [0.15, 0.2) is 0 Å². The van der Waals surface area contributed by atoms with Crippen molar-refractivity contribution in [2.45, 2.75) is 45.2 Å². The molecule has 0 spiro atoms. The number of para-hydroxylation sites is 1. The Bertz CT molecular complexity index is 646. The van der Waals surface area contributed by atoms with Crippen molar-refractivity contribution in [2.75, 3.05) is 13.2 Å². The number of hydrogen-bond donors (Lipinski definition) is 2. The second kappa shape index (κ2) is 8.50. The largest absolute Gasteiger partial charge is 0.494 e. The van der Waals surface area contributed by atoms with Crippen molar-refractivity contribution in [1.29, 1.82) is 0 Å². The van der Waals surface area contributed by atoms with Gasteiger partial charge in [0.25, 0.3) is 0 Å². The van der Waals surface area contributed by atoms with Gasteiger partial charge in [-0.1, -0.05) is 18.2 Å². The van der Waals surface area contributed by atoms with Gasteiger partial charge in [-0.2, -0.15) is 0 Å². The molecule has 0 aliphatic carbocycles. The predicted molar refractivity (Wildman–Crippen MR) is 91.2 cm³/mol. The number of nitrogens with zero attached hydrogens (tertiary/aromatic N) is 1. The molecule has 1 aromatic rings. The van der Waals surface area contributed by atoms with Crippen LogP contribution < -0.4 is 10.1 Å². The Morgan fingerprint density at radius 3 is 2.72 bits per heavy atom. The highest BCUT2D eigenvalue weighted by atomic mass is 16.5. The molecule has 136 valence electrons. The van der Waals surface area contributed by atoms with E-state index in [1.807, 2.05) is 19.1 Å². The minimum Gasteiger partial charge on any atom is -0.494 e. The van der Waals surface area contributed by atoms with Crippen LogP contribution in [-0.2, 0) is 14.4 Å². The Morgan fingerprint density at radius 2 is 2.08 bits per heavy atom. The number of ether oxygens (including phenoxy) is 1. The average Bonchev–Trinajstić information content (AvgIpc) is 3.04. The Hall–Kier alpha value is -2.57. The fourth-order valence-electron chi connectivity index (χ4n) is 3.15. The molecule has 1 saturated heterocycles. The first kappa shape index (κ1) is 18.8. The molecule has 1 aliphatic rings. The number of carbonyl (C=O) groups is 3. The Morgan fingerprint density at radius 1 is 1.36 bits per heavy atom. The number of aliphatic carboxylic acids is 1. The molecule has 1 aliphatic heterocycles. The molecule has 0 radical (unpaired) electrons. The van der Waals surface area contributed by atoms with Crippen LogP contribution in [0.3, 0.4) is 0 Å². The topological polar surface area (TPSA) is 95.9 Å². The van der Waals surface area contributed by atoms with E-state index in [1.54, 1.807) is 12.1 Å². The van der Waals surface area contributed by atoms with E-state index in [2.05, 4.69) is 5.32 Å². The highest BCUT2D eigenvalue weighted by molar-refractivity contribution is 5.85. The van der Waals surface area contributed by atoms with Crippen LogP contribution in [0, 0.1) is 0 Å². The molecule has 0 aromatic heterocycles. The van der Waals surface area contributed by atoms with Gasteiger partial charge in [-0.25, -0.2) is 4.79 Å². The summed E-state index contributed by atoms with van der Waals surface area (Å²) in [6, 6.07) is 5.87. The number of benzene rings is 1. The summed E-state index contributed by atoms with van der Waals surface area (Å²) in [6.07, 6.45) is 1.12. The lowest BCUT2D eigenvalue weighted by Gasteiger charge is -2.26. The van der Waals surface area contributed by atoms with Crippen LogP contribution in [-0.4, -0.2) is 47.0 Å². The molecule has 7 heteroatoms. The van der Waals surface area contributed by atoms with Crippen molar-refractivity contribution in [3.05, 3.63) is 29.8 Å². The van der Waals surface area contributed by atoms with Crippen LogP contribution in [0.25, 0.3) is 0 Å². The van der Waals surface area contributed by atoms with Crippen molar-refractivity contribution in [3.63, 3.8) is 0 Å². The Labute approximate surface area is 147 Å². The van der Waals surface area contributed by atoms with Crippen molar-refractivity contribution in [3.8, 4) is 5.75 Å². The summed E-state index contributed by atoms with van der Waals surface area (Å²) in [6.45, 7) is 4.13. The van der Waals surface area contributed by atoms with Gasteiger partial charge in [-0.15, -0.1) is 0 Å². The van der Waals surface area contributed by atoms with Crippen LogP contribution in [0.1, 0.15) is 44.7 Å². The number of hydrogen-bond acceptors (Lipinski definition) is 4. The van der Waals surface area contributed by atoms with E-state index in [4.69, 9.17) is 4.74 Å². The maximum Gasteiger partial charge on any atom is 0.326 e. The molecule has 7 nitrogen and oxygen atoms in total. The molecule has 1 aromatic carbocycles. The fourth-order valence-corrected chi connectivity index (χ4v) is 3.15. The summed E-state index contributed by atoms with van der Waals surface area (Å²) in [5.41, 5.74) is 0.707. The molecule has 0 saturated carbocycles. The SMILES string of the molecule is CCOc1ccccc1C(CC(=O)N1CCCC1C(=O)O)NC(C)=O. The third-order valence-corrected chi connectivity index (χ3v) is 4.21.